The van der Waals surface area contributed by atoms with E-state index in [1.165, 1.54) is 19.1 Å². The van der Waals surface area contributed by atoms with E-state index in [2.05, 4.69) is 0 Å². The molecule has 1 aliphatic carbocycles. The Labute approximate surface area is 80.1 Å². The summed E-state index contributed by atoms with van der Waals surface area (Å²) < 4.78 is 21.7. The monoisotopic (exact) mass is 206 g/mol. The van der Waals surface area contributed by atoms with Crippen LogP contribution in [0.25, 0.3) is 0 Å². The van der Waals surface area contributed by atoms with Crippen LogP contribution in [0.15, 0.2) is 0 Å². The minimum Gasteiger partial charge on any atom is -0.393 e. The zero-order chi connectivity index (χ0) is 10.1. The smallest absolute Gasteiger partial charge is 0.147 e. The average molecular weight is 206 g/mol. The second-order valence-electron chi connectivity index (χ2n) is 4.18. The molecule has 1 fully saturated rings. The van der Waals surface area contributed by atoms with Crippen molar-refractivity contribution in [1.82, 2.24) is 0 Å². The van der Waals surface area contributed by atoms with Crippen LogP contribution >= 0.6 is 0 Å². The van der Waals surface area contributed by atoms with Crippen molar-refractivity contribution >= 4 is 9.84 Å². The van der Waals surface area contributed by atoms with Crippen molar-refractivity contribution in [1.29, 1.82) is 0 Å². The first kappa shape index (κ1) is 11.0. The third kappa shape index (κ3) is 4.09. The Morgan fingerprint density at radius 1 is 1.46 bits per heavy atom. The molecule has 4 heteroatoms. The average Bonchev–Trinajstić information content (AvgIpc) is 2.79. The molecule has 1 rings (SSSR count). The van der Waals surface area contributed by atoms with E-state index in [1.807, 2.05) is 6.92 Å². The standard InChI is InChI=1S/C9H18O3S/c1-7(8-3-4-8)9(10)5-6-13(2,11)12/h7-10H,3-6H2,1-2H3. The van der Waals surface area contributed by atoms with Gasteiger partial charge in [-0.15, -0.1) is 0 Å². The highest BCUT2D eigenvalue weighted by atomic mass is 32.2. The molecule has 1 N–H and O–H groups in total. The highest BCUT2D eigenvalue weighted by Crippen LogP contribution is 2.38. The summed E-state index contributed by atoms with van der Waals surface area (Å²) in [5.41, 5.74) is 0. The van der Waals surface area contributed by atoms with Crippen molar-refractivity contribution in [2.45, 2.75) is 32.3 Å². The fraction of sp³-hybridized carbons (Fsp3) is 1.00. The number of aliphatic hydroxyl groups is 1. The van der Waals surface area contributed by atoms with Crippen LogP contribution in [0.1, 0.15) is 26.2 Å². The van der Waals surface area contributed by atoms with Crippen molar-refractivity contribution in [3.05, 3.63) is 0 Å². The Balaban J connectivity index is 2.27. The van der Waals surface area contributed by atoms with E-state index < -0.39 is 15.9 Å². The molecule has 0 aromatic heterocycles. The van der Waals surface area contributed by atoms with Gasteiger partial charge >= 0.3 is 0 Å². The van der Waals surface area contributed by atoms with Crippen molar-refractivity contribution < 1.29 is 13.5 Å². The van der Waals surface area contributed by atoms with E-state index in [0.717, 1.165) is 0 Å². The molecule has 0 saturated heterocycles. The Bertz CT molecular complexity index is 254. The predicted octanol–water partition coefficient (Wildman–Crippen LogP) is 0.828. The SMILES string of the molecule is CC(C(O)CCS(C)(=O)=O)C1CC1. The Hall–Kier alpha value is -0.0900. The zero-order valence-corrected chi connectivity index (χ0v) is 9.05. The summed E-state index contributed by atoms with van der Waals surface area (Å²) in [7, 11) is -2.92. The van der Waals surface area contributed by atoms with Crippen LogP contribution in [-0.4, -0.2) is 31.6 Å². The van der Waals surface area contributed by atoms with E-state index in [-0.39, 0.29) is 11.7 Å². The molecular formula is C9H18O3S. The van der Waals surface area contributed by atoms with Crippen LogP contribution < -0.4 is 0 Å². The van der Waals surface area contributed by atoms with Crippen LogP contribution in [0.5, 0.6) is 0 Å². The van der Waals surface area contributed by atoms with Gasteiger partial charge in [0, 0.05) is 6.26 Å². The quantitative estimate of drug-likeness (QED) is 0.725. The van der Waals surface area contributed by atoms with Gasteiger partial charge in [-0.3, -0.25) is 0 Å². The first-order chi connectivity index (χ1) is 5.90. The Morgan fingerprint density at radius 3 is 2.38 bits per heavy atom. The fourth-order valence-corrected chi connectivity index (χ4v) is 2.20. The highest BCUT2D eigenvalue weighted by Gasteiger charge is 2.32. The summed E-state index contributed by atoms with van der Waals surface area (Å²) in [5.74, 6) is 1.00. The van der Waals surface area contributed by atoms with Crippen LogP contribution in [0.4, 0.5) is 0 Å². The lowest BCUT2D eigenvalue weighted by Gasteiger charge is -2.17. The van der Waals surface area contributed by atoms with Crippen LogP contribution in [0.3, 0.4) is 0 Å². The van der Waals surface area contributed by atoms with Crippen LogP contribution in [0, 0.1) is 11.8 Å². The topological polar surface area (TPSA) is 54.4 Å². The van der Waals surface area contributed by atoms with Crippen molar-refractivity contribution in [2.75, 3.05) is 12.0 Å². The molecule has 1 aliphatic rings. The summed E-state index contributed by atoms with van der Waals surface area (Å²) in [6.07, 6.45) is 3.54. The summed E-state index contributed by atoms with van der Waals surface area (Å²) in [6, 6.07) is 0. The van der Waals surface area contributed by atoms with Crippen LogP contribution in [-0.2, 0) is 9.84 Å². The summed E-state index contributed by atoms with van der Waals surface area (Å²) in [5, 5.41) is 9.63. The fourth-order valence-electron chi connectivity index (χ4n) is 1.53. The third-order valence-electron chi connectivity index (χ3n) is 2.76. The lowest BCUT2D eigenvalue weighted by atomic mass is 9.98. The summed E-state index contributed by atoms with van der Waals surface area (Å²) >= 11 is 0. The maximum atomic E-state index is 10.8. The van der Waals surface area contributed by atoms with Crippen LogP contribution in [0.2, 0.25) is 0 Å². The number of hydrogen-bond acceptors (Lipinski definition) is 3. The molecule has 0 amide bonds. The van der Waals surface area contributed by atoms with Crippen molar-refractivity contribution in [3.63, 3.8) is 0 Å². The molecule has 2 unspecified atom stereocenters. The molecule has 3 nitrogen and oxygen atoms in total. The Morgan fingerprint density at radius 2 is 2.00 bits per heavy atom. The third-order valence-corrected chi connectivity index (χ3v) is 3.73. The molecule has 0 spiro atoms. The van der Waals surface area contributed by atoms with Gasteiger partial charge in [-0.25, -0.2) is 8.42 Å². The molecule has 0 heterocycles. The molecule has 78 valence electrons. The number of rotatable bonds is 5. The molecule has 0 radical (unpaired) electrons. The first-order valence-electron chi connectivity index (χ1n) is 4.76. The second kappa shape index (κ2) is 3.96. The molecule has 0 aromatic carbocycles. The van der Waals surface area contributed by atoms with E-state index >= 15 is 0 Å². The molecular weight excluding hydrogens is 188 g/mol. The van der Waals surface area contributed by atoms with E-state index in [9.17, 15) is 13.5 Å². The molecule has 1 saturated carbocycles. The minimum absolute atomic E-state index is 0.102. The molecule has 0 aliphatic heterocycles. The predicted molar refractivity (Wildman–Crippen MR) is 52.2 cm³/mol. The van der Waals surface area contributed by atoms with Gasteiger partial charge in [0.2, 0.25) is 0 Å². The van der Waals surface area contributed by atoms with E-state index in [1.54, 1.807) is 0 Å². The summed E-state index contributed by atoms with van der Waals surface area (Å²) in [6.45, 7) is 2.00. The maximum absolute atomic E-state index is 10.8. The van der Waals surface area contributed by atoms with Gasteiger partial charge in [0.15, 0.2) is 0 Å². The molecule has 13 heavy (non-hydrogen) atoms. The maximum Gasteiger partial charge on any atom is 0.147 e. The van der Waals surface area contributed by atoms with Gasteiger partial charge < -0.3 is 5.11 Å². The normalized spacial score (nSPS) is 22.7. The first-order valence-corrected chi connectivity index (χ1v) is 6.82. The highest BCUT2D eigenvalue weighted by molar-refractivity contribution is 7.90. The number of aliphatic hydroxyl groups excluding tert-OH is 1. The lowest BCUT2D eigenvalue weighted by molar-refractivity contribution is 0.102. The zero-order valence-electron chi connectivity index (χ0n) is 8.23. The lowest BCUT2D eigenvalue weighted by Crippen LogP contribution is -2.22. The van der Waals surface area contributed by atoms with E-state index in [4.69, 9.17) is 0 Å². The number of hydrogen-bond donors (Lipinski definition) is 1. The minimum atomic E-state index is -2.92. The van der Waals surface area contributed by atoms with Gasteiger partial charge in [0.05, 0.1) is 11.9 Å². The molecule has 0 bridgehead atoms. The largest absolute Gasteiger partial charge is 0.393 e. The Kier molecular flexibility index (Phi) is 3.35. The van der Waals surface area contributed by atoms with Crippen molar-refractivity contribution in [2.24, 2.45) is 11.8 Å². The van der Waals surface area contributed by atoms with Gasteiger partial charge in [0.1, 0.15) is 9.84 Å². The van der Waals surface area contributed by atoms with E-state index in [0.29, 0.717) is 12.3 Å². The van der Waals surface area contributed by atoms with Gasteiger partial charge in [0.25, 0.3) is 0 Å². The second-order valence-corrected chi connectivity index (χ2v) is 6.44. The van der Waals surface area contributed by atoms with Crippen molar-refractivity contribution in [3.8, 4) is 0 Å². The molecule has 2 atom stereocenters. The summed E-state index contributed by atoms with van der Waals surface area (Å²) in [4.78, 5) is 0. The van der Waals surface area contributed by atoms with Gasteiger partial charge in [-0.2, -0.15) is 0 Å². The number of sulfone groups is 1. The van der Waals surface area contributed by atoms with Gasteiger partial charge in [-0.05, 0) is 31.1 Å². The van der Waals surface area contributed by atoms with Gasteiger partial charge in [-0.1, -0.05) is 6.92 Å². The molecule has 0 aromatic rings.